The number of nitrogens with one attached hydrogen (secondary N) is 2. The molecule has 0 atom stereocenters. The average molecular weight is 234 g/mol. The van der Waals surface area contributed by atoms with Gasteiger partial charge < -0.3 is 9.73 Å². The Labute approximate surface area is 95.9 Å². The molecule has 2 rings (SSSR count). The molecule has 17 heavy (non-hydrogen) atoms. The van der Waals surface area contributed by atoms with Crippen LogP contribution in [0.3, 0.4) is 0 Å². The predicted octanol–water partition coefficient (Wildman–Crippen LogP) is -0.270. The van der Waals surface area contributed by atoms with Crippen molar-refractivity contribution >= 4 is 5.91 Å². The molecule has 0 aliphatic rings. The van der Waals surface area contributed by atoms with Gasteiger partial charge in [0.05, 0.1) is 5.56 Å². The Balaban J connectivity index is 1.85. The number of nitrogens with zero attached hydrogens (tertiary/aromatic N) is 2. The lowest BCUT2D eigenvalue weighted by atomic mass is 10.3. The molecule has 0 aromatic carbocycles. The minimum Gasteiger partial charge on any atom is -0.430 e. The first-order valence-electron chi connectivity index (χ1n) is 4.97. The number of H-pyrrole nitrogens is 1. The van der Waals surface area contributed by atoms with Crippen LogP contribution in [0.25, 0.3) is 0 Å². The van der Waals surface area contributed by atoms with Gasteiger partial charge in [0.2, 0.25) is 0 Å². The van der Waals surface area contributed by atoms with Gasteiger partial charge in [-0.15, -0.1) is 0 Å². The Bertz CT molecular complexity index is 526. The highest BCUT2D eigenvalue weighted by Gasteiger charge is 2.05. The predicted molar refractivity (Wildman–Crippen MR) is 57.4 cm³/mol. The van der Waals surface area contributed by atoms with Crippen LogP contribution in [-0.4, -0.2) is 27.6 Å². The summed E-state index contributed by atoms with van der Waals surface area (Å²) in [4.78, 5) is 26.2. The third-order valence-corrected chi connectivity index (χ3v) is 2.08. The quantitative estimate of drug-likeness (QED) is 0.758. The second-order valence-corrected chi connectivity index (χ2v) is 3.28. The highest BCUT2D eigenvalue weighted by molar-refractivity contribution is 5.93. The molecule has 0 spiro atoms. The molecule has 0 radical (unpaired) electrons. The number of carbonyl (C=O) groups excluding carboxylic acids is 1. The van der Waals surface area contributed by atoms with Crippen LogP contribution in [-0.2, 0) is 6.42 Å². The van der Waals surface area contributed by atoms with E-state index in [1.807, 2.05) is 0 Å². The first kappa shape index (κ1) is 11.1. The Morgan fingerprint density at radius 1 is 1.47 bits per heavy atom. The molecular weight excluding hydrogens is 224 g/mol. The smallest absolute Gasteiger partial charge is 0.335 e. The first-order chi connectivity index (χ1) is 8.25. The molecule has 2 N–H and O–H groups in total. The van der Waals surface area contributed by atoms with E-state index in [-0.39, 0.29) is 5.91 Å². The van der Waals surface area contributed by atoms with Crippen LogP contribution < -0.4 is 10.9 Å². The van der Waals surface area contributed by atoms with E-state index in [1.54, 1.807) is 0 Å². The number of hydrogen-bond acceptors (Lipinski definition) is 5. The van der Waals surface area contributed by atoms with Crippen LogP contribution in [0.5, 0.6) is 0 Å². The largest absolute Gasteiger partial charge is 0.430 e. The summed E-state index contributed by atoms with van der Waals surface area (Å²) in [5, 5.41) is 9.04. The van der Waals surface area contributed by atoms with Gasteiger partial charge in [0.1, 0.15) is 18.4 Å². The van der Waals surface area contributed by atoms with Gasteiger partial charge >= 0.3 is 5.63 Å². The molecule has 7 nitrogen and oxygen atoms in total. The molecule has 2 aromatic heterocycles. The maximum atomic E-state index is 11.6. The molecule has 1 amide bonds. The zero-order valence-corrected chi connectivity index (χ0v) is 8.84. The maximum Gasteiger partial charge on any atom is 0.335 e. The number of carbonyl (C=O) groups is 1. The fourth-order valence-electron chi connectivity index (χ4n) is 1.23. The van der Waals surface area contributed by atoms with E-state index >= 15 is 0 Å². The summed E-state index contributed by atoms with van der Waals surface area (Å²) < 4.78 is 4.59. The zero-order chi connectivity index (χ0) is 12.1. The normalized spacial score (nSPS) is 10.1. The standard InChI is InChI=1S/C10H10N4O3/c15-9-2-1-7(5-17-9)10(16)11-4-3-8-12-6-13-14-8/h1-2,5-6H,3-4H2,(H,11,16)(H,12,13,14). The third-order valence-electron chi connectivity index (χ3n) is 2.08. The zero-order valence-electron chi connectivity index (χ0n) is 8.84. The van der Waals surface area contributed by atoms with Crippen LogP contribution in [0.4, 0.5) is 0 Å². The average Bonchev–Trinajstić information content (AvgIpc) is 2.83. The van der Waals surface area contributed by atoms with Gasteiger partial charge in [-0.1, -0.05) is 0 Å². The highest BCUT2D eigenvalue weighted by atomic mass is 16.4. The topological polar surface area (TPSA) is 101 Å². The van der Waals surface area contributed by atoms with Gasteiger partial charge in [0.25, 0.3) is 5.91 Å². The van der Waals surface area contributed by atoms with Crippen molar-refractivity contribution < 1.29 is 9.21 Å². The molecule has 88 valence electrons. The van der Waals surface area contributed by atoms with E-state index in [4.69, 9.17) is 0 Å². The SMILES string of the molecule is O=C(NCCc1ncn[nH]1)c1ccc(=O)oc1. The van der Waals surface area contributed by atoms with Gasteiger partial charge in [-0.2, -0.15) is 5.10 Å². The summed E-state index contributed by atoms with van der Waals surface area (Å²) >= 11 is 0. The lowest BCUT2D eigenvalue weighted by Gasteiger charge is -2.02. The van der Waals surface area contributed by atoms with E-state index in [1.165, 1.54) is 18.5 Å². The summed E-state index contributed by atoms with van der Waals surface area (Å²) in [5.74, 6) is 0.401. The molecule has 0 saturated carbocycles. The number of amides is 1. The van der Waals surface area contributed by atoms with Crippen molar-refractivity contribution in [3.8, 4) is 0 Å². The van der Waals surface area contributed by atoms with Crippen molar-refractivity contribution in [3.63, 3.8) is 0 Å². The van der Waals surface area contributed by atoms with Crippen molar-refractivity contribution in [2.45, 2.75) is 6.42 Å². The first-order valence-corrected chi connectivity index (χ1v) is 4.97. The second-order valence-electron chi connectivity index (χ2n) is 3.28. The van der Waals surface area contributed by atoms with Crippen LogP contribution in [0, 0.1) is 0 Å². The summed E-state index contributed by atoms with van der Waals surface area (Å²) in [6.45, 7) is 0.424. The Morgan fingerprint density at radius 3 is 3.00 bits per heavy atom. The second kappa shape index (κ2) is 5.06. The van der Waals surface area contributed by atoms with Crippen molar-refractivity contribution in [3.05, 3.63) is 46.5 Å². The summed E-state index contributed by atoms with van der Waals surface area (Å²) in [6.07, 6.45) is 3.09. The van der Waals surface area contributed by atoms with Crippen molar-refractivity contribution in [2.75, 3.05) is 6.54 Å². The van der Waals surface area contributed by atoms with Crippen LogP contribution in [0.15, 0.2) is 33.9 Å². The van der Waals surface area contributed by atoms with E-state index < -0.39 is 5.63 Å². The van der Waals surface area contributed by atoms with Gasteiger partial charge in [0.15, 0.2) is 0 Å². The summed E-state index contributed by atoms with van der Waals surface area (Å²) in [6, 6.07) is 2.61. The number of aromatic nitrogens is 3. The molecule has 0 bridgehead atoms. The number of rotatable bonds is 4. The van der Waals surface area contributed by atoms with Gasteiger partial charge in [-0.3, -0.25) is 9.89 Å². The van der Waals surface area contributed by atoms with Gasteiger partial charge in [-0.25, -0.2) is 9.78 Å². The van der Waals surface area contributed by atoms with Crippen molar-refractivity contribution in [2.24, 2.45) is 0 Å². The number of aromatic amines is 1. The van der Waals surface area contributed by atoms with E-state index in [9.17, 15) is 9.59 Å². The number of hydrogen-bond donors (Lipinski definition) is 2. The minimum atomic E-state index is -0.483. The molecule has 2 aromatic rings. The van der Waals surface area contributed by atoms with Crippen LogP contribution >= 0.6 is 0 Å². The highest BCUT2D eigenvalue weighted by Crippen LogP contribution is 1.95. The molecule has 0 aliphatic carbocycles. The Kier molecular flexibility index (Phi) is 3.29. The molecular formula is C10H10N4O3. The molecule has 0 fully saturated rings. The Hall–Kier alpha value is -2.44. The van der Waals surface area contributed by atoms with Gasteiger partial charge in [0, 0.05) is 19.0 Å². The van der Waals surface area contributed by atoms with Crippen LogP contribution in [0.1, 0.15) is 16.2 Å². The molecule has 0 saturated heterocycles. The minimum absolute atomic E-state index is 0.298. The van der Waals surface area contributed by atoms with E-state index in [0.717, 1.165) is 6.26 Å². The van der Waals surface area contributed by atoms with Crippen molar-refractivity contribution in [1.82, 2.24) is 20.5 Å². The fourth-order valence-corrected chi connectivity index (χ4v) is 1.23. The molecule has 2 heterocycles. The lowest BCUT2D eigenvalue weighted by Crippen LogP contribution is -2.26. The molecule has 0 unspecified atom stereocenters. The maximum absolute atomic E-state index is 11.6. The van der Waals surface area contributed by atoms with E-state index in [0.29, 0.717) is 24.4 Å². The monoisotopic (exact) mass is 234 g/mol. The molecule has 7 heteroatoms. The summed E-state index contributed by atoms with van der Waals surface area (Å²) in [7, 11) is 0. The lowest BCUT2D eigenvalue weighted by molar-refractivity contribution is 0.0951. The Morgan fingerprint density at radius 2 is 2.35 bits per heavy atom. The van der Waals surface area contributed by atoms with Gasteiger partial charge in [-0.05, 0) is 6.07 Å². The fraction of sp³-hybridized carbons (Fsp3) is 0.200. The van der Waals surface area contributed by atoms with E-state index in [2.05, 4.69) is 24.9 Å². The molecule has 0 aliphatic heterocycles. The third kappa shape index (κ3) is 3.00. The van der Waals surface area contributed by atoms with Crippen molar-refractivity contribution in [1.29, 1.82) is 0 Å². The van der Waals surface area contributed by atoms with Crippen LogP contribution in [0.2, 0.25) is 0 Å². The summed E-state index contributed by atoms with van der Waals surface area (Å²) in [5.41, 5.74) is -0.176.